The number of aldehydes is 1. The standard InChI is InChI=1S/C9H8FNO2S/c10-14-8-3-1-7(2-4-8)9(13)11-5-6-12/h1-4,6H,5H2,(H,11,13). The molecule has 0 heterocycles. The lowest BCUT2D eigenvalue weighted by Gasteiger charge is -2.01. The van der Waals surface area contributed by atoms with E-state index in [1.54, 1.807) is 0 Å². The first-order valence-electron chi connectivity index (χ1n) is 3.88. The van der Waals surface area contributed by atoms with Crippen molar-refractivity contribution in [1.29, 1.82) is 0 Å². The summed E-state index contributed by atoms with van der Waals surface area (Å²) in [6.07, 6.45) is 0.601. The molecule has 1 N–H and O–H groups in total. The van der Waals surface area contributed by atoms with Gasteiger partial charge >= 0.3 is 0 Å². The van der Waals surface area contributed by atoms with Crippen LogP contribution in [0.5, 0.6) is 0 Å². The number of hydrogen-bond donors (Lipinski definition) is 1. The molecule has 14 heavy (non-hydrogen) atoms. The van der Waals surface area contributed by atoms with E-state index in [1.807, 2.05) is 0 Å². The summed E-state index contributed by atoms with van der Waals surface area (Å²) in [4.78, 5) is 21.6. The molecule has 1 rings (SSSR count). The first-order chi connectivity index (χ1) is 6.77. The van der Waals surface area contributed by atoms with Crippen LogP contribution in [0.4, 0.5) is 3.89 Å². The van der Waals surface area contributed by atoms with Crippen molar-refractivity contribution in [3.8, 4) is 0 Å². The van der Waals surface area contributed by atoms with Crippen molar-refractivity contribution in [2.75, 3.05) is 6.54 Å². The van der Waals surface area contributed by atoms with Gasteiger partial charge in [-0.1, -0.05) is 0 Å². The molecule has 0 aliphatic carbocycles. The SMILES string of the molecule is O=CCNC(=O)c1ccc(SF)cc1. The van der Waals surface area contributed by atoms with E-state index in [1.165, 1.54) is 24.3 Å². The fourth-order valence-corrected chi connectivity index (χ4v) is 1.13. The van der Waals surface area contributed by atoms with Gasteiger partial charge in [0.05, 0.1) is 18.7 Å². The van der Waals surface area contributed by atoms with Crippen LogP contribution in [-0.2, 0) is 4.79 Å². The first kappa shape index (κ1) is 10.7. The molecule has 0 aliphatic rings. The number of amides is 1. The third-order valence-corrected chi connectivity index (χ3v) is 2.00. The lowest BCUT2D eigenvalue weighted by atomic mass is 10.2. The van der Waals surface area contributed by atoms with E-state index in [0.717, 1.165) is 0 Å². The molecule has 0 spiro atoms. The second-order valence-electron chi connectivity index (χ2n) is 2.48. The Labute approximate surface area is 85.0 Å². The quantitative estimate of drug-likeness (QED) is 0.772. The fraction of sp³-hybridized carbons (Fsp3) is 0.111. The molecule has 0 saturated heterocycles. The second kappa shape index (κ2) is 5.39. The zero-order valence-electron chi connectivity index (χ0n) is 7.20. The molecule has 0 bridgehead atoms. The van der Waals surface area contributed by atoms with Crippen molar-refractivity contribution in [2.45, 2.75) is 4.90 Å². The summed E-state index contributed by atoms with van der Waals surface area (Å²) in [7, 11) is 0. The first-order valence-corrected chi connectivity index (χ1v) is 4.60. The van der Waals surface area contributed by atoms with Gasteiger partial charge in [-0.3, -0.25) is 4.79 Å². The van der Waals surface area contributed by atoms with Crippen LogP contribution in [0.1, 0.15) is 10.4 Å². The van der Waals surface area contributed by atoms with Gasteiger partial charge in [0.2, 0.25) is 0 Å². The fourth-order valence-electron chi connectivity index (χ4n) is 0.894. The van der Waals surface area contributed by atoms with Gasteiger partial charge in [0.1, 0.15) is 6.29 Å². The van der Waals surface area contributed by atoms with Crippen LogP contribution < -0.4 is 5.32 Å². The zero-order valence-corrected chi connectivity index (χ0v) is 8.01. The maximum Gasteiger partial charge on any atom is 0.251 e. The summed E-state index contributed by atoms with van der Waals surface area (Å²) in [5.41, 5.74) is 0.407. The predicted octanol–water partition coefficient (Wildman–Crippen LogP) is 1.59. The molecule has 1 aromatic carbocycles. The molecule has 0 fully saturated rings. The molecule has 0 saturated carbocycles. The molecule has 0 radical (unpaired) electrons. The third-order valence-electron chi connectivity index (χ3n) is 1.55. The minimum absolute atomic E-state index is 0.0154. The van der Waals surface area contributed by atoms with Gasteiger partial charge in [0.15, 0.2) is 0 Å². The van der Waals surface area contributed by atoms with Crippen LogP contribution in [-0.4, -0.2) is 18.7 Å². The van der Waals surface area contributed by atoms with Crippen molar-refractivity contribution in [3.05, 3.63) is 29.8 Å². The molecule has 74 valence electrons. The van der Waals surface area contributed by atoms with Gasteiger partial charge in [-0.25, -0.2) is 0 Å². The minimum Gasteiger partial charge on any atom is -0.345 e. The Bertz CT molecular complexity index is 326. The smallest absolute Gasteiger partial charge is 0.251 e. The molecule has 1 amide bonds. The number of nitrogens with one attached hydrogen (secondary N) is 1. The molecule has 0 unspecified atom stereocenters. The van der Waals surface area contributed by atoms with E-state index >= 15 is 0 Å². The maximum atomic E-state index is 12.0. The number of rotatable bonds is 4. The average Bonchev–Trinajstić information content (AvgIpc) is 2.26. The normalized spacial score (nSPS) is 9.50. The van der Waals surface area contributed by atoms with Gasteiger partial charge in [-0.2, -0.15) is 3.89 Å². The Morgan fingerprint density at radius 3 is 2.57 bits per heavy atom. The predicted molar refractivity (Wildman–Crippen MR) is 51.8 cm³/mol. The van der Waals surface area contributed by atoms with Gasteiger partial charge in [-0.05, 0) is 24.3 Å². The second-order valence-corrected chi connectivity index (χ2v) is 3.10. The lowest BCUT2D eigenvalue weighted by Crippen LogP contribution is -2.24. The van der Waals surface area contributed by atoms with Gasteiger partial charge < -0.3 is 10.1 Å². The summed E-state index contributed by atoms with van der Waals surface area (Å²) in [5, 5.41) is 2.38. The highest BCUT2D eigenvalue weighted by Gasteiger charge is 2.03. The number of carbonyl (C=O) groups is 2. The molecular weight excluding hydrogens is 205 g/mol. The monoisotopic (exact) mass is 213 g/mol. The van der Waals surface area contributed by atoms with E-state index in [2.05, 4.69) is 5.32 Å². The van der Waals surface area contributed by atoms with Crippen molar-refractivity contribution in [1.82, 2.24) is 5.32 Å². The summed E-state index contributed by atoms with van der Waals surface area (Å²) < 4.78 is 12.0. The highest BCUT2D eigenvalue weighted by Crippen LogP contribution is 2.18. The molecule has 0 atom stereocenters. The topological polar surface area (TPSA) is 46.2 Å². The Hall–Kier alpha value is -1.36. The minimum atomic E-state index is -0.340. The Morgan fingerprint density at radius 1 is 1.43 bits per heavy atom. The van der Waals surface area contributed by atoms with Crippen LogP contribution in [0.15, 0.2) is 29.2 Å². The molecule has 1 aromatic rings. The average molecular weight is 213 g/mol. The van der Waals surface area contributed by atoms with Crippen LogP contribution in [0, 0.1) is 0 Å². The molecule has 5 heteroatoms. The van der Waals surface area contributed by atoms with Crippen molar-refractivity contribution in [2.24, 2.45) is 0 Å². The maximum absolute atomic E-state index is 12.0. The van der Waals surface area contributed by atoms with Crippen LogP contribution in [0.3, 0.4) is 0 Å². The van der Waals surface area contributed by atoms with E-state index < -0.39 is 0 Å². The number of carbonyl (C=O) groups excluding carboxylic acids is 2. The van der Waals surface area contributed by atoms with E-state index in [-0.39, 0.29) is 24.6 Å². The molecule has 0 aromatic heterocycles. The summed E-state index contributed by atoms with van der Waals surface area (Å²) in [6.45, 7) is -0.0154. The van der Waals surface area contributed by atoms with Gasteiger partial charge in [-0.15, -0.1) is 0 Å². The molecular formula is C9H8FNO2S. The largest absolute Gasteiger partial charge is 0.345 e. The van der Waals surface area contributed by atoms with Crippen LogP contribution in [0.2, 0.25) is 0 Å². The van der Waals surface area contributed by atoms with Crippen molar-refractivity contribution < 1.29 is 13.5 Å². The van der Waals surface area contributed by atoms with Crippen LogP contribution in [0.25, 0.3) is 0 Å². The van der Waals surface area contributed by atoms with E-state index in [9.17, 15) is 13.5 Å². The van der Waals surface area contributed by atoms with Gasteiger partial charge in [0.25, 0.3) is 5.91 Å². The van der Waals surface area contributed by atoms with Crippen molar-refractivity contribution in [3.63, 3.8) is 0 Å². The number of halogens is 1. The highest BCUT2D eigenvalue weighted by atomic mass is 32.2. The third kappa shape index (κ3) is 2.85. The zero-order chi connectivity index (χ0) is 10.4. The van der Waals surface area contributed by atoms with Gasteiger partial charge in [0, 0.05) is 10.5 Å². The summed E-state index contributed by atoms with van der Waals surface area (Å²) in [5.74, 6) is -0.340. The Kier molecular flexibility index (Phi) is 4.12. The number of hydrogen-bond acceptors (Lipinski definition) is 3. The number of benzene rings is 1. The molecule has 0 aliphatic heterocycles. The summed E-state index contributed by atoms with van der Waals surface area (Å²) >= 11 is 0.119. The summed E-state index contributed by atoms with van der Waals surface area (Å²) in [6, 6.07) is 6.01. The highest BCUT2D eigenvalue weighted by molar-refractivity contribution is 7.94. The van der Waals surface area contributed by atoms with E-state index in [0.29, 0.717) is 16.7 Å². The van der Waals surface area contributed by atoms with Crippen LogP contribution >= 0.6 is 12.1 Å². The molecule has 3 nitrogen and oxygen atoms in total. The lowest BCUT2D eigenvalue weighted by molar-refractivity contribution is -0.107. The van der Waals surface area contributed by atoms with E-state index in [4.69, 9.17) is 0 Å². The Balaban J connectivity index is 2.66. The Morgan fingerprint density at radius 2 is 2.07 bits per heavy atom. The van der Waals surface area contributed by atoms with Crippen molar-refractivity contribution >= 4 is 24.3 Å².